The van der Waals surface area contributed by atoms with Gasteiger partial charge in [0, 0.05) is 38.9 Å². The van der Waals surface area contributed by atoms with Gasteiger partial charge in [0.05, 0.1) is 24.2 Å². The molecule has 208 valence electrons. The van der Waals surface area contributed by atoms with Gasteiger partial charge in [0.2, 0.25) is 0 Å². The van der Waals surface area contributed by atoms with Crippen LogP contribution in [-0.2, 0) is 16.0 Å². The van der Waals surface area contributed by atoms with Crippen molar-refractivity contribution in [1.82, 2.24) is 19.2 Å². The van der Waals surface area contributed by atoms with Crippen molar-refractivity contribution in [2.75, 3.05) is 51.3 Å². The number of amides is 2. The summed E-state index contributed by atoms with van der Waals surface area (Å²) in [6.07, 6.45) is 3.53. The Bertz CT molecular complexity index is 1530. The first-order valence-electron chi connectivity index (χ1n) is 13.0. The fraction of sp³-hybridized carbons (Fsp3) is 0.321. The Morgan fingerprint density at radius 1 is 1.10 bits per heavy atom. The molecule has 2 fully saturated rings. The standard InChI is InChI=1S/C28H29N5O5S2/c1-3-38-27(36)31-16-14-30(15-17-31)24-21(25(34)32-12-5-4-6-23(32)29-24)18-22-26(35)33(28(39)40-22)13-11-19-7-9-20(37-2)10-8-19/h4-10,12,18H,3,11,13-17H2,1-2H3/b22-18+. The number of thioether (sulfide) groups is 1. The van der Waals surface area contributed by atoms with Crippen LogP contribution in [0.5, 0.6) is 5.75 Å². The Labute approximate surface area is 241 Å². The Morgan fingerprint density at radius 3 is 2.55 bits per heavy atom. The smallest absolute Gasteiger partial charge is 0.409 e. The summed E-state index contributed by atoms with van der Waals surface area (Å²) in [4.78, 5) is 49.6. The van der Waals surface area contributed by atoms with Crippen molar-refractivity contribution in [3.8, 4) is 5.75 Å². The number of nitrogens with zero attached hydrogens (tertiary/aromatic N) is 5. The first-order chi connectivity index (χ1) is 19.4. The average Bonchev–Trinajstić information content (AvgIpc) is 3.25. The molecule has 0 bridgehead atoms. The molecule has 0 atom stereocenters. The number of hydrogen-bond donors (Lipinski definition) is 0. The summed E-state index contributed by atoms with van der Waals surface area (Å²) in [5.41, 5.74) is 1.58. The fourth-order valence-electron chi connectivity index (χ4n) is 4.63. The van der Waals surface area contributed by atoms with Crippen LogP contribution < -0.4 is 15.2 Å². The number of rotatable bonds is 7. The molecule has 0 spiro atoms. The van der Waals surface area contributed by atoms with Crippen molar-refractivity contribution in [2.24, 2.45) is 0 Å². The molecule has 40 heavy (non-hydrogen) atoms. The lowest BCUT2D eigenvalue weighted by Gasteiger charge is -2.35. The lowest BCUT2D eigenvalue weighted by atomic mass is 10.1. The minimum atomic E-state index is -0.354. The summed E-state index contributed by atoms with van der Waals surface area (Å²) in [6.45, 7) is 4.31. The quantitative estimate of drug-likeness (QED) is 0.308. The third-order valence-electron chi connectivity index (χ3n) is 6.79. The number of benzene rings is 1. The molecule has 0 radical (unpaired) electrons. The number of aromatic nitrogens is 2. The van der Waals surface area contributed by atoms with E-state index in [0.717, 1.165) is 11.3 Å². The number of pyridine rings is 1. The molecule has 12 heteroatoms. The van der Waals surface area contributed by atoms with E-state index in [0.29, 0.717) is 72.0 Å². The van der Waals surface area contributed by atoms with E-state index in [4.69, 9.17) is 26.7 Å². The second kappa shape index (κ2) is 12.1. The molecule has 5 rings (SSSR count). The molecule has 4 heterocycles. The molecule has 2 aliphatic heterocycles. The van der Waals surface area contributed by atoms with Crippen molar-refractivity contribution in [2.45, 2.75) is 13.3 Å². The molecule has 1 aromatic carbocycles. The van der Waals surface area contributed by atoms with Gasteiger partial charge < -0.3 is 19.3 Å². The van der Waals surface area contributed by atoms with E-state index in [9.17, 15) is 14.4 Å². The van der Waals surface area contributed by atoms with Gasteiger partial charge >= 0.3 is 6.09 Å². The summed E-state index contributed by atoms with van der Waals surface area (Å²) < 4.78 is 12.3. The Kier molecular flexibility index (Phi) is 8.36. The van der Waals surface area contributed by atoms with Crippen LogP contribution in [-0.4, -0.2) is 81.9 Å². The van der Waals surface area contributed by atoms with E-state index in [-0.39, 0.29) is 17.6 Å². The first-order valence-corrected chi connectivity index (χ1v) is 14.2. The molecule has 3 aromatic rings. The second-order valence-corrected chi connectivity index (χ2v) is 10.9. The van der Waals surface area contributed by atoms with Gasteiger partial charge in [0.1, 0.15) is 21.5 Å². The van der Waals surface area contributed by atoms with E-state index in [1.807, 2.05) is 35.2 Å². The van der Waals surface area contributed by atoms with Crippen LogP contribution in [0.3, 0.4) is 0 Å². The molecule has 0 saturated carbocycles. The topological polar surface area (TPSA) is 96.7 Å². The highest BCUT2D eigenvalue weighted by Crippen LogP contribution is 2.34. The first kappa shape index (κ1) is 27.7. The molecule has 0 aliphatic carbocycles. The molecule has 10 nitrogen and oxygen atoms in total. The van der Waals surface area contributed by atoms with Crippen molar-refractivity contribution < 1.29 is 19.1 Å². The molecule has 0 unspecified atom stereocenters. The monoisotopic (exact) mass is 579 g/mol. The van der Waals surface area contributed by atoms with Gasteiger partial charge in [-0.1, -0.05) is 42.2 Å². The number of carbonyl (C=O) groups excluding carboxylic acids is 2. The van der Waals surface area contributed by atoms with E-state index in [1.165, 1.54) is 16.2 Å². The second-order valence-electron chi connectivity index (χ2n) is 9.19. The van der Waals surface area contributed by atoms with Crippen LogP contribution >= 0.6 is 24.0 Å². The maximum atomic E-state index is 13.7. The maximum absolute atomic E-state index is 13.7. The molecule has 2 saturated heterocycles. The molecule has 2 aromatic heterocycles. The largest absolute Gasteiger partial charge is 0.497 e. The zero-order valence-electron chi connectivity index (χ0n) is 22.2. The Hall–Kier alpha value is -3.90. The Morgan fingerprint density at radius 2 is 1.85 bits per heavy atom. The summed E-state index contributed by atoms with van der Waals surface area (Å²) in [5.74, 6) is 1.01. The van der Waals surface area contributed by atoms with Gasteiger partial charge in [-0.15, -0.1) is 0 Å². The van der Waals surface area contributed by atoms with Gasteiger partial charge in [-0.3, -0.25) is 18.9 Å². The van der Waals surface area contributed by atoms with Crippen LogP contribution in [0.2, 0.25) is 0 Å². The third-order valence-corrected chi connectivity index (χ3v) is 8.16. The van der Waals surface area contributed by atoms with Crippen molar-refractivity contribution in [3.05, 3.63) is 75.0 Å². The summed E-state index contributed by atoms with van der Waals surface area (Å²) in [7, 11) is 1.62. The highest BCUT2D eigenvalue weighted by molar-refractivity contribution is 8.26. The van der Waals surface area contributed by atoms with Gasteiger partial charge in [-0.05, 0) is 49.2 Å². The van der Waals surface area contributed by atoms with Crippen molar-refractivity contribution in [1.29, 1.82) is 0 Å². The van der Waals surface area contributed by atoms with E-state index in [2.05, 4.69) is 0 Å². The zero-order chi connectivity index (χ0) is 28.2. The summed E-state index contributed by atoms with van der Waals surface area (Å²) >= 11 is 6.72. The Balaban J connectivity index is 1.41. The maximum Gasteiger partial charge on any atom is 0.409 e. The van der Waals surface area contributed by atoms with Crippen LogP contribution in [0.4, 0.5) is 10.6 Å². The van der Waals surface area contributed by atoms with E-state index >= 15 is 0 Å². The zero-order valence-corrected chi connectivity index (χ0v) is 23.9. The van der Waals surface area contributed by atoms with Crippen molar-refractivity contribution in [3.63, 3.8) is 0 Å². The van der Waals surface area contributed by atoms with Gasteiger partial charge in [-0.25, -0.2) is 9.78 Å². The lowest BCUT2D eigenvalue weighted by Crippen LogP contribution is -2.49. The van der Waals surface area contributed by atoms with E-state index < -0.39 is 0 Å². The molecule has 0 N–H and O–H groups in total. The van der Waals surface area contributed by atoms with Crippen LogP contribution in [0.1, 0.15) is 18.1 Å². The highest BCUT2D eigenvalue weighted by Gasteiger charge is 2.33. The number of hydrogen-bond acceptors (Lipinski definition) is 9. The molecular weight excluding hydrogens is 550 g/mol. The average molecular weight is 580 g/mol. The fourth-order valence-corrected chi connectivity index (χ4v) is 5.92. The number of piperazine rings is 1. The predicted octanol–water partition coefficient (Wildman–Crippen LogP) is 3.43. The number of fused-ring (bicyclic) bond motifs is 1. The molecule has 2 aliphatic rings. The number of ether oxygens (including phenoxy) is 2. The van der Waals surface area contributed by atoms with E-state index in [1.54, 1.807) is 48.2 Å². The summed E-state index contributed by atoms with van der Waals surface area (Å²) in [6, 6.07) is 13.0. The number of thiocarbonyl (C=S) groups is 1. The normalized spacial score (nSPS) is 16.8. The number of anilines is 1. The van der Waals surface area contributed by atoms with Gasteiger partial charge in [-0.2, -0.15) is 0 Å². The number of carbonyl (C=O) groups is 2. The number of methoxy groups -OCH3 is 1. The van der Waals surface area contributed by atoms with Crippen LogP contribution in [0.15, 0.2) is 58.4 Å². The molecule has 2 amide bonds. The molecular formula is C28H29N5O5S2. The van der Waals surface area contributed by atoms with Gasteiger partial charge in [0.25, 0.3) is 11.5 Å². The van der Waals surface area contributed by atoms with Gasteiger partial charge in [0.15, 0.2) is 0 Å². The minimum absolute atomic E-state index is 0.237. The SMILES string of the molecule is CCOC(=O)N1CCN(c2nc3ccccn3c(=O)c2/C=C2/SC(=S)N(CCc3ccc(OC)cc3)C2=O)CC1. The van der Waals surface area contributed by atoms with Crippen molar-refractivity contribution >= 4 is 57.8 Å². The lowest BCUT2D eigenvalue weighted by molar-refractivity contribution is -0.122. The van der Waals surface area contributed by atoms with Crippen LogP contribution in [0, 0.1) is 0 Å². The summed E-state index contributed by atoms with van der Waals surface area (Å²) in [5, 5.41) is 0. The predicted molar refractivity (Wildman–Crippen MR) is 159 cm³/mol. The minimum Gasteiger partial charge on any atom is -0.497 e. The van der Waals surface area contributed by atoms with Crippen LogP contribution in [0.25, 0.3) is 11.7 Å². The third kappa shape index (κ3) is 5.68. The highest BCUT2D eigenvalue weighted by atomic mass is 32.2.